The maximum Gasteiger partial charge on any atom is 0.304 e. The Morgan fingerprint density at radius 1 is 1.29 bits per heavy atom. The van der Waals surface area contributed by atoms with E-state index in [4.69, 9.17) is 16.3 Å². The van der Waals surface area contributed by atoms with Gasteiger partial charge in [0, 0.05) is 43.4 Å². The minimum Gasteiger partial charge on any atom is -0.487 e. The lowest BCUT2D eigenvalue weighted by Gasteiger charge is -2.25. The predicted octanol–water partition coefficient (Wildman–Crippen LogP) is 5.61. The second-order valence-electron chi connectivity index (χ2n) is 10.6. The topological polar surface area (TPSA) is 113 Å². The number of aliphatic carboxylic acids is 1. The quantitative estimate of drug-likeness (QED) is 0.253. The number of aryl methyl sites for hydroxylation is 2. The molecule has 2 aromatic carbocycles. The summed E-state index contributed by atoms with van der Waals surface area (Å²) < 4.78 is 9.02. The molecule has 0 fully saturated rings. The summed E-state index contributed by atoms with van der Waals surface area (Å²) in [5.41, 5.74) is 5.70. The van der Waals surface area contributed by atoms with Gasteiger partial charge in [-0.15, -0.1) is 16.4 Å². The van der Waals surface area contributed by atoms with Gasteiger partial charge in [0.15, 0.2) is 0 Å². The van der Waals surface area contributed by atoms with Crippen LogP contribution in [0.3, 0.4) is 0 Å². The van der Waals surface area contributed by atoms with Gasteiger partial charge < -0.3 is 14.8 Å². The van der Waals surface area contributed by atoms with Crippen LogP contribution in [0.2, 0.25) is 5.02 Å². The van der Waals surface area contributed by atoms with Crippen molar-refractivity contribution in [1.29, 1.82) is 0 Å². The highest BCUT2D eigenvalue weighted by atomic mass is 35.5. The molecule has 0 saturated carbocycles. The Morgan fingerprint density at radius 2 is 2.12 bits per heavy atom. The zero-order chi connectivity index (χ0) is 28.8. The summed E-state index contributed by atoms with van der Waals surface area (Å²) in [6, 6.07) is 11.4. The first-order chi connectivity index (χ1) is 19.7. The number of fused-ring (bicyclic) bond motifs is 3. The second kappa shape index (κ2) is 10.9. The largest absolute Gasteiger partial charge is 0.487 e. The first-order valence-corrected chi connectivity index (χ1v) is 14.8. The molecule has 0 spiro atoms. The lowest BCUT2D eigenvalue weighted by molar-refractivity contribution is -0.137. The van der Waals surface area contributed by atoms with Gasteiger partial charge in [0.2, 0.25) is 5.56 Å². The van der Waals surface area contributed by atoms with Gasteiger partial charge in [-0.1, -0.05) is 29.8 Å². The van der Waals surface area contributed by atoms with Crippen molar-refractivity contribution in [1.82, 2.24) is 24.9 Å². The number of H-pyrrole nitrogens is 1. The number of ether oxygens (including phenoxy) is 1. The van der Waals surface area contributed by atoms with Crippen molar-refractivity contribution < 1.29 is 14.6 Å². The summed E-state index contributed by atoms with van der Waals surface area (Å²) >= 11 is 8.36. The normalized spacial score (nSPS) is 16.4. The Morgan fingerprint density at radius 3 is 2.90 bits per heavy atom. The molecule has 11 heteroatoms. The van der Waals surface area contributed by atoms with Crippen LogP contribution in [-0.4, -0.2) is 48.6 Å². The summed E-state index contributed by atoms with van der Waals surface area (Å²) in [6.07, 6.45) is 0.712. The number of rotatable bonds is 7. The van der Waals surface area contributed by atoms with Crippen LogP contribution >= 0.6 is 22.9 Å². The Balaban J connectivity index is 1.44. The van der Waals surface area contributed by atoms with Crippen molar-refractivity contribution in [3.63, 3.8) is 0 Å². The van der Waals surface area contributed by atoms with E-state index in [9.17, 15) is 14.7 Å². The van der Waals surface area contributed by atoms with Crippen LogP contribution in [0.1, 0.15) is 53.6 Å². The summed E-state index contributed by atoms with van der Waals surface area (Å²) in [4.78, 5) is 29.5. The fourth-order valence-electron chi connectivity index (χ4n) is 5.87. The molecular weight excluding hydrogens is 562 g/mol. The number of nitrogens with one attached hydrogen (secondary N) is 1. The number of aromatic amines is 1. The van der Waals surface area contributed by atoms with E-state index in [1.165, 1.54) is 6.07 Å². The van der Waals surface area contributed by atoms with Gasteiger partial charge >= 0.3 is 5.97 Å². The van der Waals surface area contributed by atoms with Gasteiger partial charge in [-0.05, 0) is 70.6 Å². The summed E-state index contributed by atoms with van der Waals surface area (Å²) in [6.45, 7) is 5.89. The Bertz CT molecular complexity index is 1840. The molecule has 0 saturated heterocycles. The number of nitrogens with zero attached hydrogens (tertiary/aromatic N) is 4. The molecule has 1 aliphatic rings. The molecule has 4 heterocycles. The average molecular weight is 592 g/mol. The van der Waals surface area contributed by atoms with Crippen LogP contribution < -0.4 is 10.3 Å². The molecule has 1 unspecified atom stereocenters. The molecule has 0 amide bonds. The number of pyridine rings is 1. The molecule has 0 radical (unpaired) electrons. The molecule has 41 heavy (non-hydrogen) atoms. The SMILES string of the molecule is CC[C@@H]1CN(Cc2cc(C(CC(=O)O)c3cc(Cl)c4c(nnn4C)c3C)cc3ccsc23)Cc2[nH]c(=O)ccc2O1. The van der Waals surface area contributed by atoms with E-state index >= 15 is 0 Å². The summed E-state index contributed by atoms with van der Waals surface area (Å²) in [5.74, 6) is -0.623. The summed E-state index contributed by atoms with van der Waals surface area (Å²) in [5, 5.41) is 22.0. The van der Waals surface area contributed by atoms with E-state index in [0.717, 1.165) is 50.0 Å². The van der Waals surface area contributed by atoms with Crippen molar-refractivity contribution in [2.24, 2.45) is 7.05 Å². The van der Waals surface area contributed by atoms with E-state index in [1.54, 1.807) is 29.1 Å². The van der Waals surface area contributed by atoms with E-state index in [0.29, 0.717) is 35.9 Å². The number of halogens is 1. The average Bonchev–Trinajstić information content (AvgIpc) is 3.53. The third kappa shape index (κ3) is 5.23. The number of hydrogen-bond acceptors (Lipinski definition) is 7. The Kier molecular flexibility index (Phi) is 7.31. The molecule has 0 aliphatic carbocycles. The number of carboxylic acids is 1. The number of carboxylic acid groups (broad SMARTS) is 1. The highest BCUT2D eigenvalue weighted by Gasteiger charge is 2.27. The molecule has 1 aliphatic heterocycles. The third-order valence-corrected chi connectivity index (χ3v) is 9.17. The predicted molar refractivity (Wildman–Crippen MR) is 160 cm³/mol. The Hall–Kier alpha value is -3.73. The third-order valence-electron chi connectivity index (χ3n) is 7.87. The Labute approximate surface area is 245 Å². The van der Waals surface area contributed by atoms with Crippen molar-refractivity contribution in [2.45, 2.75) is 51.8 Å². The molecule has 2 N–H and O–H groups in total. The van der Waals surface area contributed by atoms with Crippen molar-refractivity contribution in [3.05, 3.63) is 85.1 Å². The van der Waals surface area contributed by atoms with Crippen LogP contribution in [0.15, 0.2) is 46.6 Å². The highest BCUT2D eigenvalue weighted by molar-refractivity contribution is 7.17. The van der Waals surface area contributed by atoms with Gasteiger partial charge in [0.25, 0.3) is 0 Å². The molecule has 2 atom stereocenters. The van der Waals surface area contributed by atoms with Crippen LogP contribution in [0.25, 0.3) is 21.1 Å². The number of benzene rings is 2. The minimum absolute atomic E-state index is 0.0209. The van der Waals surface area contributed by atoms with E-state index in [1.807, 2.05) is 13.0 Å². The highest BCUT2D eigenvalue weighted by Crippen LogP contribution is 2.39. The molecule has 5 aromatic rings. The molecule has 6 rings (SSSR count). The zero-order valence-corrected chi connectivity index (χ0v) is 24.6. The molecular formula is C30H30ClN5O4S. The number of thiophene rings is 1. The maximum absolute atomic E-state index is 12.2. The maximum atomic E-state index is 12.2. The van der Waals surface area contributed by atoms with Crippen molar-refractivity contribution in [2.75, 3.05) is 6.54 Å². The first kappa shape index (κ1) is 27.4. The second-order valence-corrected chi connectivity index (χ2v) is 12.0. The lowest BCUT2D eigenvalue weighted by atomic mass is 9.84. The monoisotopic (exact) mass is 591 g/mol. The number of aromatic nitrogens is 4. The fraction of sp³-hybridized carbons (Fsp3) is 0.333. The van der Waals surface area contributed by atoms with Gasteiger partial charge in [0.1, 0.15) is 22.9 Å². The molecule has 212 valence electrons. The molecule has 3 aromatic heterocycles. The van der Waals surface area contributed by atoms with Crippen LogP contribution in [0, 0.1) is 6.92 Å². The van der Waals surface area contributed by atoms with Crippen LogP contribution in [0.5, 0.6) is 5.75 Å². The van der Waals surface area contributed by atoms with Crippen LogP contribution in [-0.2, 0) is 24.9 Å². The number of hydrogen-bond donors (Lipinski definition) is 2. The zero-order valence-electron chi connectivity index (χ0n) is 23.0. The van der Waals surface area contributed by atoms with E-state index in [-0.39, 0.29) is 18.1 Å². The van der Waals surface area contributed by atoms with E-state index < -0.39 is 11.9 Å². The lowest BCUT2D eigenvalue weighted by Crippen LogP contribution is -2.32. The van der Waals surface area contributed by atoms with E-state index in [2.05, 4.69) is 50.7 Å². The van der Waals surface area contributed by atoms with Gasteiger partial charge in [-0.2, -0.15) is 0 Å². The molecule has 9 nitrogen and oxygen atoms in total. The standard InChI is InChI=1S/C30H30ClN5O4S/c1-4-20-14-36(15-24-25(40-20)5-6-26(37)32-24)13-19-10-18(9-17-7-8-41-30(17)19)22(12-27(38)39)21-11-23(31)29-28(16(21)2)33-34-35(29)3/h5-11,20,22H,4,12-15H2,1-3H3,(H,32,37)(H,38,39)/t20-,22?/m1/s1. The molecule has 0 bridgehead atoms. The van der Waals surface area contributed by atoms with Crippen molar-refractivity contribution >= 4 is 50.0 Å². The van der Waals surface area contributed by atoms with Gasteiger partial charge in [0.05, 0.1) is 17.1 Å². The summed E-state index contributed by atoms with van der Waals surface area (Å²) in [7, 11) is 1.79. The van der Waals surface area contributed by atoms with Crippen molar-refractivity contribution in [3.8, 4) is 5.75 Å². The fourth-order valence-corrected chi connectivity index (χ4v) is 7.09. The van der Waals surface area contributed by atoms with Crippen LogP contribution in [0.4, 0.5) is 0 Å². The minimum atomic E-state index is -0.896. The smallest absolute Gasteiger partial charge is 0.304 e. The van der Waals surface area contributed by atoms with Gasteiger partial charge in [-0.3, -0.25) is 14.5 Å². The van der Waals surface area contributed by atoms with Gasteiger partial charge in [-0.25, -0.2) is 4.68 Å². The first-order valence-electron chi connectivity index (χ1n) is 13.5. The number of carbonyl (C=O) groups is 1.